The summed E-state index contributed by atoms with van der Waals surface area (Å²) >= 11 is 0. The van der Waals surface area contributed by atoms with Crippen molar-refractivity contribution in [3.05, 3.63) is 59.2 Å². The summed E-state index contributed by atoms with van der Waals surface area (Å²) in [6.07, 6.45) is 0. The highest BCUT2D eigenvalue weighted by Gasteiger charge is 2.11. The molecule has 18 heavy (non-hydrogen) atoms. The first-order valence-corrected chi connectivity index (χ1v) is 5.44. The molecule has 2 rings (SSSR count). The van der Waals surface area contributed by atoms with Gasteiger partial charge in [-0.2, -0.15) is 0 Å². The van der Waals surface area contributed by atoms with E-state index in [9.17, 15) is 8.78 Å². The lowest BCUT2D eigenvalue weighted by atomic mass is 10.2. The van der Waals surface area contributed by atoms with Gasteiger partial charge in [0, 0.05) is 11.6 Å². The number of para-hydroxylation sites is 1. The molecule has 1 N–H and O–H groups in total. The number of aryl methyl sites for hydroxylation is 1. The normalized spacial score (nSPS) is 10.4. The van der Waals surface area contributed by atoms with Gasteiger partial charge in [-0.1, -0.05) is 18.2 Å². The van der Waals surface area contributed by atoms with Crippen LogP contribution in [0.1, 0.15) is 11.1 Å². The van der Waals surface area contributed by atoms with Crippen molar-refractivity contribution in [2.45, 2.75) is 13.5 Å². The molecule has 2 aromatic carbocycles. The van der Waals surface area contributed by atoms with E-state index >= 15 is 0 Å². The maximum absolute atomic E-state index is 13.6. The standard InChI is InChI=1S/C14H12F2O2/c1-9-5-6-11(7-13(9)16)18-14-10(8-17)3-2-4-12(14)15/h2-7,17H,8H2,1H3. The molecule has 0 aliphatic carbocycles. The number of halogens is 2. The second kappa shape index (κ2) is 5.14. The van der Waals surface area contributed by atoms with Crippen LogP contribution in [0.4, 0.5) is 8.78 Å². The minimum Gasteiger partial charge on any atom is -0.454 e. The average molecular weight is 250 g/mol. The van der Waals surface area contributed by atoms with E-state index in [-0.39, 0.29) is 18.1 Å². The lowest BCUT2D eigenvalue weighted by Crippen LogP contribution is -1.95. The van der Waals surface area contributed by atoms with E-state index in [4.69, 9.17) is 9.84 Å². The van der Waals surface area contributed by atoms with Gasteiger partial charge in [-0.3, -0.25) is 0 Å². The molecule has 0 unspecified atom stereocenters. The summed E-state index contributed by atoms with van der Waals surface area (Å²) in [7, 11) is 0. The number of hydrogen-bond donors (Lipinski definition) is 1. The molecule has 0 saturated carbocycles. The van der Waals surface area contributed by atoms with Gasteiger partial charge >= 0.3 is 0 Å². The molecule has 0 amide bonds. The maximum atomic E-state index is 13.6. The number of aliphatic hydroxyl groups is 1. The van der Waals surface area contributed by atoms with Crippen molar-refractivity contribution in [3.63, 3.8) is 0 Å². The van der Waals surface area contributed by atoms with Crippen molar-refractivity contribution in [2.24, 2.45) is 0 Å². The first-order valence-electron chi connectivity index (χ1n) is 5.44. The topological polar surface area (TPSA) is 29.5 Å². The highest BCUT2D eigenvalue weighted by Crippen LogP contribution is 2.29. The lowest BCUT2D eigenvalue weighted by Gasteiger charge is -2.11. The first-order chi connectivity index (χ1) is 8.61. The monoisotopic (exact) mass is 250 g/mol. The van der Waals surface area contributed by atoms with Gasteiger partial charge in [-0.25, -0.2) is 8.78 Å². The zero-order valence-corrected chi connectivity index (χ0v) is 9.78. The number of rotatable bonds is 3. The van der Waals surface area contributed by atoms with Crippen molar-refractivity contribution in [3.8, 4) is 11.5 Å². The van der Waals surface area contributed by atoms with Crippen LogP contribution in [0.5, 0.6) is 11.5 Å². The van der Waals surface area contributed by atoms with E-state index in [1.807, 2.05) is 0 Å². The van der Waals surface area contributed by atoms with Crippen molar-refractivity contribution in [2.75, 3.05) is 0 Å². The summed E-state index contributed by atoms with van der Waals surface area (Å²) in [5, 5.41) is 9.10. The Labute approximate surface area is 103 Å². The van der Waals surface area contributed by atoms with E-state index in [2.05, 4.69) is 0 Å². The molecule has 0 heterocycles. The highest BCUT2D eigenvalue weighted by molar-refractivity contribution is 5.39. The molecule has 0 atom stereocenters. The Hall–Kier alpha value is -1.94. The number of ether oxygens (including phenoxy) is 1. The van der Waals surface area contributed by atoms with E-state index in [0.717, 1.165) is 0 Å². The van der Waals surface area contributed by atoms with Gasteiger partial charge in [0.1, 0.15) is 11.6 Å². The Morgan fingerprint density at radius 3 is 2.56 bits per heavy atom. The van der Waals surface area contributed by atoms with E-state index in [1.54, 1.807) is 25.1 Å². The smallest absolute Gasteiger partial charge is 0.168 e. The van der Waals surface area contributed by atoms with Crippen LogP contribution in [0.2, 0.25) is 0 Å². The molecule has 94 valence electrons. The zero-order chi connectivity index (χ0) is 13.1. The van der Waals surface area contributed by atoms with E-state index in [1.165, 1.54) is 18.2 Å². The summed E-state index contributed by atoms with van der Waals surface area (Å²) in [6.45, 7) is 1.28. The molecule has 2 aromatic rings. The fourth-order valence-electron chi connectivity index (χ4n) is 1.55. The second-order valence-electron chi connectivity index (χ2n) is 3.90. The molecule has 0 aromatic heterocycles. The van der Waals surface area contributed by atoms with Crippen LogP contribution in [0.15, 0.2) is 36.4 Å². The summed E-state index contributed by atoms with van der Waals surface area (Å²) in [4.78, 5) is 0. The number of benzene rings is 2. The molecular weight excluding hydrogens is 238 g/mol. The SMILES string of the molecule is Cc1ccc(Oc2c(F)cccc2CO)cc1F. The molecule has 0 fully saturated rings. The Balaban J connectivity index is 2.36. The number of hydrogen-bond acceptors (Lipinski definition) is 2. The summed E-state index contributed by atoms with van der Waals surface area (Å²) in [5.41, 5.74) is 0.800. The molecular formula is C14H12F2O2. The predicted molar refractivity (Wildman–Crippen MR) is 63.5 cm³/mol. The van der Waals surface area contributed by atoms with Crippen LogP contribution in [0.3, 0.4) is 0 Å². The largest absolute Gasteiger partial charge is 0.454 e. The van der Waals surface area contributed by atoms with Crippen molar-refractivity contribution in [1.82, 2.24) is 0 Å². The van der Waals surface area contributed by atoms with Crippen LogP contribution < -0.4 is 4.74 Å². The molecule has 2 nitrogen and oxygen atoms in total. The first kappa shape index (κ1) is 12.5. The molecule has 0 saturated heterocycles. The van der Waals surface area contributed by atoms with Crippen LogP contribution in [0.25, 0.3) is 0 Å². The lowest BCUT2D eigenvalue weighted by molar-refractivity contribution is 0.274. The molecule has 4 heteroatoms. The third-order valence-corrected chi connectivity index (χ3v) is 2.58. The quantitative estimate of drug-likeness (QED) is 0.902. The average Bonchev–Trinajstić information content (AvgIpc) is 2.36. The Morgan fingerprint density at radius 1 is 1.11 bits per heavy atom. The Kier molecular flexibility index (Phi) is 3.58. The fraction of sp³-hybridized carbons (Fsp3) is 0.143. The second-order valence-corrected chi connectivity index (χ2v) is 3.90. The van der Waals surface area contributed by atoms with Crippen molar-refractivity contribution < 1.29 is 18.6 Å². The maximum Gasteiger partial charge on any atom is 0.168 e. The summed E-state index contributed by atoms with van der Waals surface area (Å²) < 4.78 is 32.2. The van der Waals surface area contributed by atoms with Crippen LogP contribution in [-0.2, 0) is 6.61 Å². The van der Waals surface area contributed by atoms with Crippen molar-refractivity contribution >= 4 is 0 Å². The third-order valence-electron chi connectivity index (χ3n) is 2.58. The molecule has 0 aliphatic rings. The van der Waals surface area contributed by atoms with E-state index < -0.39 is 11.6 Å². The van der Waals surface area contributed by atoms with Gasteiger partial charge in [-0.15, -0.1) is 0 Å². The van der Waals surface area contributed by atoms with E-state index in [0.29, 0.717) is 11.1 Å². The third kappa shape index (κ3) is 2.49. The number of aliphatic hydroxyl groups excluding tert-OH is 1. The fourth-order valence-corrected chi connectivity index (χ4v) is 1.55. The summed E-state index contributed by atoms with van der Waals surface area (Å²) in [6, 6.07) is 8.52. The minimum atomic E-state index is -0.595. The van der Waals surface area contributed by atoms with Gasteiger partial charge in [-0.05, 0) is 24.6 Å². The zero-order valence-electron chi connectivity index (χ0n) is 9.78. The van der Waals surface area contributed by atoms with Gasteiger partial charge < -0.3 is 9.84 Å². The van der Waals surface area contributed by atoms with Crippen LogP contribution in [0, 0.1) is 18.6 Å². The minimum absolute atomic E-state index is 0.0803. The molecule has 0 radical (unpaired) electrons. The van der Waals surface area contributed by atoms with Crippen LogP contribution >= 0.6 is 0 Å². The van der Waals surface area contributed by atoms with Gasteiger partial charge in [0.25, 0.3) is 0 Å². The Bertz CT molecular complexity index is 568. The van der Waals surface area contributed by atoms with Gasteiger partial charge in [0.15, 0.2) is 11.6 Å². The van der Waals surface area contributed by atoms with Gasteiger partial charge in [0.05, 0.1) is 6.61 Å². The molecule has 0 aliphatic heterocycles. The molecule has 0 bridgehead atoms. The molecule has 0 spiro atoms. The van der Waals surface area contributed by atoms with Crippen LogP contribution in [-0.4, -0.2) is 5.11 Å². The predicted octanol–water partition coefficient (Wildman–Crippen LogP) is 3.56. The van der Waals surface area contributed by atoms with Gasteiger partial charge in [0.2, 0.25) is 0 Å². The van der Waals surface area contributed by atoms with Crippen molar-refractivity contribution in [1.29, 1.82) is 0 Å². The Morgan fingerprint density at radius 2 is 1.89 bits per heavy atom. The highest BCUT2D eigenvalue weighted by atomic mass is 19.1. The summed E-state index contributed by atoms with van der Waals surface area (Å²) in [5.74, 6) is -0.905.